The van der Waals surface area contributed by atoms with E-state index < -0.39 is 21.7 Å². The van der Waals surface area contributed by atoms with Crippen LogP contribution in [0.4, 0.5) is 4.39 Å². The van der Waals surface area contributed by atoms with Gasteiger partial charge in [0.15, 0.2) is 0 Å². The fourth-order valence-electron chi connectivity index (χ4n) is 2.77. The molecule has 1 saturated heterocycles. The summed E-state index contributed by atoms with van der Waals surface area (Å²) >= 11 is 11.8. The first-order chi connectivity index (χ1) is 12.3. The molecule has 26 heavy (non-hydrogen) atoms. The lowest BCUT2D eigenvalue weighted by molar-refractivity contribution is 0.0693. The Bertz CT molecular complexity index is 925. The molecule has 0 unspecified atom stereocenters. The largest absolute Gasteiger partial charge is 0.336 e. The Labute approximate surface area is 161 Å². The average Bonchev–Trinajstić information content (AvgIpc) is 2.61. The monoisotopic (exact) mass is 416 g/mol. The summed E-state index contributed by atoms with van der Waals surface area (Å²) in [4.78, 5) is 14.0. The Morgan fingerprint density at radius 3 is 2.27 bits per heavy atom. The molecule has 0 aliphatic carbocycles. The summed E-state index contributed by atoms with van der Waals surface area (Å²) in [6.45, 7) is 0.492. The van der Waals surface area contributed by atoms with Crippen LogP contribution in [0.5, 0.6) is 0 Å². The number of amides is 1. The van der Waals surface area contributed by atoms with Gasteiger partial charge in [0.05, 0.1) is 15.5 Å². The molecular weight excluding hydrogens is 402 g/mol. The summed E-state index contributed by atoms with van der Waals surface area (Å²) in [5, 5.41) is 0.359. The highest BCUT2D eigenvalue weighted by molar-refractivity contribution is 7.89. The maximum absolute atomic E-state index is 13.9. The molecule has 2 aromatic carbocycles. The molecule has 0 saturated carbocycles. The number of piperazine rings is 1. The van der Waals surface area contributed by atoms with Crippen LogP contribution in [0.1, 0.15) is 10.4 Å². The van der Waals surface area contributed by atoms with E-state index in [2.05, 4.69) is 0 Å². The number of benzene rings is 2. The Hall–Kier alpha value is -1.67. The maximum Gasteiger partial charge on any atom is 0.258 e. The third-order valence-electron chi connectivity index (χ3n) is 4.14. The second-order valence-corrected chi connectivity index (χ2v) is 8.53. The summed E-state index contributed by atoms with van der Waals surface area (Å²) in [6, 6.07) is 10.0. The quantitative estimate of drug-likeness (QED) is 0.771. The van der Waals surface area contributed by atoms with Gasteiger partial charge in [0.1, 0.15) is 5.82 Å². The molecule has 5 nitrogen and oxygen atoms in total. The minimum absolute atomic E-state index is 0.0315. The van der Waals surface area contributed by atoms with E-state index in [-0.39, 0.29) is 41.7 Å². The normalized spacial score (nSPS) is 15.9. The van der Waals surface area contributed by atoms with Crippen molar-refractivity contribution >= 4 is 39.1 Å². The number of carbonyl (C=O) groups is 1. The van der Waals surface area contributed by atoms with Crippen LogP contribution >= 0.6 is 23.2 Å². The average molecular weight is 417 g/mol. The molecule has 0 bridgehead atoms. The van der Waals surface area contributed by atoms with Gasteiger partial charge in [-0.15, -0.1) is 0 Å². The molecule has 1 amide bonds. The van der Waals surface area contributed by atoms with E-state index in [1.54, 1.807) is 12.1 Å². The molecule has 0 atom stereocenters. The number of nitrogens with zero attached hydrogens (tertiary/aromatic N) is 2. The first-order valence-electron chi connectivity index (χ1n) is 7.80. The number of hydrogen-bond acceptors (Lipinski definition) is 3. The van der Waals surface area contributed by atoms with Gasteiger partial charge in [0.2, 0.25) is 10.0 Å². The van der Waals surface area contributed by atoms with E-state index in [1.807, 2.05) is 0 Å². The van der Waals surface area contributed by atoms with E-state index in [9.17, 15) is 17.6 Å². The van der Waals surface area contributed by atoms with Gasteiger partial charge in [-0.1, -0.05) is 35.3 Å². The van der Waals surface area contributed by atoms with Crippen molar-refractivity contribution in [1.29, 1.82) is 0 Å². The lowest BCUT2D eigenvalue weighted by atomic mass is 10.1. The molecule has 1 heterocycles. The number of hydrogen-bond donors (Lipinski definition) is 0. The summed E-state index contributed by atoms with van der Waals surface area (Å²) in [7, 11) is -3.70. The maximum atomic E-state index is 13.9. The van der Waals surface area contributed by atoms with Gasteiger partial charge < -0.3 is 4.90 Å². The molecule has 0 spiro atoms. The standard InChI is InChI=1S/C17H15Cl2FN2O3S/c18-12-3-1-4-13(11-12)26(24,25)22-9-7-21(8-10-22)17(23)16-14(19)5-2-6-15(16)20/h1-6,11H,7-10H2. The highest BCUT2D eigenvalue weighted by atomic mass is 35.5. The summed E-state index contributed by atoms with van der Waals surface area (Å²) < 4.78 is 40.6. The van der Waals surface area contributed by atoms with Crippen molar-refractivity contribution < 1.29 is 17.6 Å². The molecule has 2 aromatic rings. The predicted molar refractivity (Wildman–Crippen MR) is 97.5 cm³/mol. The van der Waals surface area contributed by atoms with E-state index in [0.717, 1.165) is 0 Å². The zero-order valence-electron chi connectivity index (χ0n) is 13.5. The van der Waals surface area contributed by atoms with Crippen LogP contribution in [0.25, 0.3) is 0 Å². The lowest BCUT2D eigenvalue weighted by Gasteiger charge is -2.34. The van der Waals surface area contributed by atoms with Crippen LogP contribution in [-0.4, -0.2) is 49.7 Å². The van der Waals surface area contributed by atoms with Crippen LogP contribution in [0, 0.1) is 5.82 Å². The van der Waals surface area contributed by atoms with Crippen molar-refractivity contribution in [3.05, 3.63) is 63.9 Å². The molecule has 138 valence electrons. The van der Waals surface area contributed by atoms with Crippen LogP contribution in [0.2, 0.25) is 10.0 Å². The summed E-state index contributed by atoms with van der Waals surface area (Å²) in [5.74, 6) is -1.25. The van der Waals surface area contributed by atoms with Crippen molar-refractivity contribution in [2.45, 2.75) is 4.90 Å². The highest BCUT2D eigenvalue weighted by Crippen LogP contribution is 2.24. The van der Waals surface area contributed by atoms with Crippen LogP contribution in [-0.2, 0) is 10.0 Å². The second kappa shape index (κ2) is 7.52. The number of carbonyl (C=O) groups excluding carboxylic acids is 1. The molecule has 1 aliphatic heterocycles. The fraction of sp³-hybridized carbons (Fsp3) is 0.235. The number of halogens is 3. The SMILES string of the molecule is O=C(c1c(F)cccc1Cl)N1CCN(S(=O)(=O)c2cccc(Cl)c2)CC1. The zero-order valence-corrected chi connectivity index (χ0v) is 15.9. The Kier molecular flexibility index (Phi) is 5.53. The molecule has 0 N–H and O–H groups in total. The van der Waals surface area contributed by atoms with Crippen LogP contribution in [0.15, 0.2) is 47.4 Å². The minimum atomic E-state index is -3.70. The van der Waals surface area contributed by atoms with Gasteiger partial charge in [0.25, 0.3) is 5.91 Å². The third-order valence-corrected chi connectivity index (χ3v) is 6.58. The second-order valence-electron chi connectivity index (χ2n) is 5.75. The van der Waals surface area contributed by atoms with Gasteiger partial charge in [-0.3, -0.25) is 4.79 Å². The van der Waals surface area contributed by atoms with Gasteiger partial charge in [0, 0.05) is 31.2 Å². The third kappa shape index (κ3) is 3.71. The molecule has 0 radical (unpaired) electrons. The molecule has 3 rings (SSSR count). The van der Waals surface area contributed by atoms with Crippen LogP contribution in [0.3, 0.4) is 0 Å². The van der Waals surface area contributed by atoms with Gasteiger partial charge in [-0.05, 0) is 30.3 Å². The molecular formula is C17H15Cl2FN2O3S. The summed E-state index contributed by atoms with van der Waals surface area (Å²) in [6.07, 6.45) is 0. The molecule has 1 fully saturated rings. The van der Waals surface area contributed by atoms with Gasteiger partial charge in [-0.2, -0.15) is 4.31 Å². The van der Waals surface area contributed by atoms with Gasteiger partial charge in [-0.25, -0.2) is 12.8 Å². The zero-order chi connectivity index (χ0) is 18.9. The van der Waals surface area contributed by atoms with Crippen LogP contribution < -0.4 is 0 Å². The highest BCUT2D eigenvalue weighted by Gasteiger charge is 2.31. The van der Waals surface area contributed by atoms with E-state index >= 15 is 0 Å². The fourth-order valence-corrected chi connectivity index (χ4v) is 4.74. The topological polar surface area (TPSA) is 57.7 Å². The minimum Gasteiger partial charge on any atom is -0.336 e. The number of sulfonamides is 1. The Morgan fingerprint density at radius 1 is 1.00 bits per heavy atom. The predicted octanol–water partition coefficient (Wildman–Crippen LogP) is 3.28. The molecule has 9 heteroatoms. The lowest BCUT2D eigenvalue weighted by Crippen LogP contribution is -2.50. The van der Waals surface area contributed by atoms with Crippen molar-refractivity contribution in [3.8, 4) is 0 Å². The van der Waals surface area contributed by atoms with E-state index in [1.165, 1.54) is 39.5 Å². The van der Waals surface area contributed by atoms with Crippen molar-refractivity contribution in [2.24, 2.45) is 0 Å². The summed E-state index contributed by atoms with van der Waals surface area (Å²) in [5.41, 5.74) is -0.194. The van der Waals surface area contributed by atoms with E-state index in [0.29, 0.717) is 5.02 Å². The van der Waals surface area contributed by atoms with Crippen molar-refractivity contribution in [2.75, 3.05) is 26.2 Å². The first kappa shape index (κ1) is 19.1. The first-order valence-corrected chi connectivity index (χ1v) is 9.99. The van der Waals surface area contributed by atoms with E-state index in [4.69, 9.17) is 23.2 Å². The molecule has 0 aromatic heterocycles. The molecule has 1 aliphatic rings. The Balaban J connectivity index is 1.74. The number of rotatable bonds is 3. The Morgan fingerprint density at radius 2 is 1.65 bits per heavy atom. The smallest absolute Gasteiger partial charge is 0.258 e. The van der Waals surface area contributed by atoms with Crippen molar-refractivity contribution in [1.82, 2.24) is 9.21 Å². The van der Waals surface area contributed by atoms with Crippen molar-refractivity contribution in [3.63, 3.8) is 0 Å². The van der Waals surface area contributed by atoms with Gasteiger partial charge >= 0.3 is 0 Å².